The SMILES string of the molecule is CC(C)(C)CCC(=O)OC1CCCC(C(=O)O)C1. The Morgan fingerprint density at radius 1 is 1.28 bits per heavy atom. The Balaban J connectivity index is 2.33. The van der Waals surface area contributed by atoms with Gasteiger partial charge in [0.25, 0.3) is 0 Å². The molecule has 4 nitrogen and oxygen atoms in total. The summed E-state index contributed by atoms with van der Waals surface area (Å²) >= 11 is 0. The quantitative estimate of drug-likeness (QED) is 0.785. The zero-order chi connectivity index (χ0) is 13.8. The van der Waals surface area contributed by atoms with Crippen LogP contribution in [0.5, 0.6) is 0 Å². The summed E-state index contributed by atoms with van der Waals surface area (Å²) in [6.07, 6.45) is 3.80. The fourth-order valence-electron chi connectivity index (χ4n) is 2.20. The minimum Gasteiger partial charge on any atom is -0.481 e. The second-order valence-corrected chi connectivity index (χ2v) is 6.37. The van der Waals surface area contributed by atoms with Crippen LogP contribution < -0.4 is 0 Å². The maximum atomic E-state index is 11.7. The highest BCUT2D eigenvalue weighted by atomic mass is 16.5. The van der Waals surface area contributed by atoms with E-state index in [-0.39, 0.29) is 23.4 Å². The van der Waals surface area contributed by atoms with Crippen molar-refractivity contribution in [3.8, 4) is 0 Å². The van der Waals surface area contributed by atoms with E-state index in [4.69, 9.17) is 9.84 Å². The van der Waals surface area contributed by atoms with E-state index in [9.17, 15) is 9.59 Å². The van der Waals surface area contributed by atoms with Gasteiger partial charge in [0.15, 0.2) is 0 Å². The maximum Gasteiger partial charge on any atom is 0.306 e. The smallest absolute Gasteiger partial charge is 0.306 e. The molecule has 1 saturated carbocycles. The summed E-state index contributed by atoms with van der Waals surface area (Å²) < 4.78 is 5.36. The summed E-state index contributed by atoms with van der Waals surface area (Å²) in [6, 6.07) is 0. The first-order valence-electron chi connectivity index (χ1n) is 6.70. The number of hydrogen-bond acceptors (Lipinski definition) is 3. The van der Waals surface area contributed by atoms with Gasteiger partial charge in [0.2, 0.25) is 0 Å². The van der Waals surface area contributed by atoms with Gasteiger partial charge in [-0.15, -0.1) is 0 Å². The summed E-state index contributed by atoms with van der Waals surface area (Å²) in [7, 11) is 0. The van der Waals surface area contributed by atoms with E-state index < -0.39 is 5.97 Å². The predicted octanol–water partition coefficient (Wildman–Crippen LogP) is 3.00. The zero-order valence-corrected chi connectivity index (χ0v) is 11.6. The van der Waals surface area contributed by atoms with Gasteiger partial charge in [0.1, 0.15) is 6.10 Å². The van der Waals surface area contributed by atoms with E-state index in [0.29, 0.717) is 19.3 Å². The van der Waals surface area contributed by atoms with Gasteiger partial charge in [-0.25, -0.2) is 0 Å². The molecule has 104 valence electrons. The van der Waals surface area contributed by atoms with Crippen molar-refractivity contribution in [2.75, 3.05) is 0 Å². The summed E-state index contributed by atoms with van der Waals surface area (Å²) in [5, 5.41) is 8.96. The maximum absolute atomic E-state index is 11.7. The summed E-state index contributed by atoms with van der Waals surface area (Å²) in [4.78, 5) is 22.6. The molecule has 0 saturated heterocycles. The molecule has 1 rings (SSSR count). The fraction of sp³-hybridized carbons (Fsp3) is 0.857. The van der Waals surface area contributed by atoms with E-state index in [1.807, 2.05) is 0 Å². The predicted molar refractivity (Wildman–Crippen MR) is 68.2 cm³/mol. The van der Waals surface area contributed by atoms with Crippen molar-refractivity contribution in [3.05, 3.63) is 0 Å². The highest BCUT2D eigenvalue weighted by Crippen LogP contribution is 2.27. The van der Waals surface area contributed by atoms with Crippen molar-refractivity contribution < 1.29 is 19.4 Å². The van der Waals surface area contributed by atoms with E-state index in [1.54, 1.807) is 0 Å². The van der Waals surface area contributed by atoms with Crippen molar-refractivity contribution in [1.29, 1.82) is 0 Å². The molecule has 1 N–H and O–H groups in total. The van der Waals surface area contributed by atoms with Crippen molar-refractivity contribution in [2.24, 2.45) is 11.3 Å². The summed E-state index contributed by atoms with van der Waals surface area (Å²) in [6.45, 7) is 6.25. The number of ether oxygens (including phenoxy) is 1. The third-order valence-corrected chi connectivity index (χ3v) is 3.35. The highest BCUT2D eigenvalue weighted by molar-refractivity contribution is 5.71. The molecule has 2 unspecified atom stereocenters. The molecular formula is C14H24O4. The largest absolute Gasteiger partial charge is 0.481 e. The molecule has 1 aliphatic carbocycles. The van der Waals surface area contributed by atoms with Gasteiger partial charge in [-0.2, -0.15) is 0 Å². The van der Waals surface area contributed by atoms with Gasteiger partial charge in [-0.05, 0) is 37.5 Å². The molecule has 0 bridgehead atoms. The monoisotopic (exact) mass is 256 g/mol. The highest BCUT2D eigenvalue weighted by Gasteiger charge is 2.29. The Labute approximate surface area is 109 Å². The Hall–Kier alpha value is -1.06. The van der Waals surface area contributed by atoms with E-state index in [1.165, 1.54) is 0 Å². The van der Waals surface area contributed by atoms with Crippen molar-refractivity contribution in [1.82, 2.24) is 0 Å². The van der Waals surface area contributed by atoms with Crippen LogP contribution in [-0.4, -0.2) is 23.1 Å². The van der Waals surface area contributed by atoms with E-state index >= 15 is 0 Å². The molecule has 0 heterocycles. The normalized spacial score (nSPS) is 24.6. The Morgan fingerprint density at radius 3 is 2.50 bits per heavy atom. The zero-order valence-electron chi connectivity index (χ0n) is 11.6. The van der Waals surface area contributed by atoms with Gasteiger partial charge < -0.3 is 9.84 Å². The van der Waals surface area contributed by atoms with E-state index in [2.05, 4.69) is 20.8 Å². The summed E-state index contributed by atoms with van der Waals surface area (Å²) in [5.74, 6) is -1.31. The molecule has 1 aliphatic rings. The average Bonchev–Trinajstić information content (AvgIpc) is 2.26. The molecule has 2 atom stereocenters. The van der Waals surface area contributed by atoms with Crippen LogP contribution in [0.3, 0.4) is 0 Å². The molecule has 4 heteroatoms. The Morgan fingerprint density at radius 2 is 1.94 bits per heavy atom. The van der Waals surface area contributed by atoms with Crippen molar-refractivity contribution in [2.45, 2.75) is 65.4 Å². The Bertz CT molecular complexity index is 303. The first-order valence-corrected chi connectivity index (χ1v) is 6.70. The minimum atomic E-state index is -0.773. The Kier molecular flexibility index (Phi) is 5.17. The fourth-order valence-corrected chi connectivity index (χ4v) is 2.20. The number of esters is 1. The van der Waals surface area contributed by atoms with Crippen LogP contribution in [0, 0.1) is 11.3 Å². The third kappa shape index (κ3) is 5.52. The number of aliphatic carboxylic acids is 1. The average molecular weight is 256 g/mol. The van der Waals surface area contributed by atoms with Crippen LogP contribution in [0.1, 0.15) is 59.3 Å². The lowest BCUT2D eigenvalue weighted by Crippen LogP contribution is -2.29. The van der Waals surface area contributed by atoms with Crippen LogP contribution in [0.4, 0.5) is 0 Å². The number of rotatable bonds is 4. The molecule has 0 aromatic carbocycles. The van der Waals surface area contributed by atoms with E-state index in [0.717, 1.165) is 19.3 Å². The molecule has 0 aliphatic heterocycles. The molecule has 0 amide bonds. The van der Waals surface area contributed by atoms with Gasteiger partial charge in [0, 0.05) is 6.42 Å². The topological polar surface area (TPSA) is 63.6 Å². The van der Waals surface area contributed by atoms with Crippen LogP contribution in [0.15, 0.2) is 0 Å². The molecule has 0 aromatic heterocycles. The lowest BCUT2D eigenvalue weighted by molar-refractivity contribution is -0.156. The van der Waals surface area contributed by atoms with Crippen LogP contribution >= 0.6 is 0 Å². The van der Waals surface area contributed by atoms with Crippen LogP contribution in [-0.2, 0) is 14.3 Å². The van der Waals surface area contributed by atoms with Crippen molar-refractivity contribution >= 4 is 11.9 Å². The number of carboxylic acid groups (broad SMARTS) is 1. The molecule has 1 fully saturated rings. The lowest BCUT2D eigenvalue weighted by atomic mass is 9.87. The van der Waals surface area contributed by atoms with Crippen LogP contribution in [0.25, 0.3) is 0 Å². The summed E-state index contributed by atoms with van der Waals surface area (Å²) in [5.41, 5.74) is 0.120. The molecule has 0 aromatic rings. The second kappa shape index (κ2) is 6.21. The molecule has 18 heavy (non-hydrogen) atoms. The molecular weight excluding hydrogens is 232 g/mol. The van der Waals surface area contributed by atoms with Gasteiger partial charge in [0.05, 0.1) is 5.92 Å². The first-order chi connectivity index (χ1) is 8.28. The van der Waals surface area contributed by atoms with Gasteiger partial charge in [-0.1, -0.05) is 20.8 Å². The number of hydrogen-bond donors (Lipinski definition) is 1. The lowest BCUT2D eigenvalue weighted by Gasteiger charge is -2.27. The number of carbonyl (C=O) groups excluding carboxylic acids is 1. The minimum absolute atomic E-state index is 0.120. The van der Waals surface area contributed by atoms with Crippen LogP contribution in [0.2, 0.25) is 0 Å². The third-order valence-electron chi connectivity index (χ3n) is 3.35. The van der Waals surface area contributed by atoms with Crippen molar-refractivity contribution in [3.63, 3.8) is 0 Å². The standard InChI is InChI=1S/C14H24O4/c1-14(2,3)8-7-12(15)18-11-6-4-5-10(9-11)13(16)17/h10-11H,4-9H2,1-3H3,(H,16,17). The second-order valence-electron chi connectivity index (χ2n) is 6.37. The molecule has 0 radical (unpaired) electrons. The number of carbonyl (C=O) groups is 2. The van der Waals surface area contributed by atoms with Gasteiger partial charge >= 0.3 is 11.9 Å². The molecule has 0 spiro atoms. The number of carboxylic acids is 1. The van der Waals surface area contributed by atoms with Gasteiger partial charge in [-0.3, -0.25) is 9.59 Å². The first kappa shape index (κ1) is 15.0.